The summed E-state index contributed by atoms with van der Waals surface area (Å²) < 4.78 is 2.68. The van der Waals surface area contributed by atoms with Crippen LogP contribution in [0.4, 0.5) is 0 Å². The molecule has 2 amide bonds. The summed E-state index contributed by atoms with van der Waals surface area (Å²) in [6.45, 7) is 6.93. The van der Waals surface area contributed by atoms with E-state index < -0.39 is 0 Å². The molecule has 0 aliphatic carbocycles. The number of piperidine rings is 1. The second-order valence-electron chi connectivity index (χ2n) is 10.0. The second-order valence-corrected chi connectivity index (χ2v) is 11.7. The number of fused-ring (bicyclic) bond motifs is 1. The molecule has 2 saturated heterocycles. The number of rotatable bonds is 7. The fourth-order valence-corrected chi connectivity index (χ4v) is 6.51. The molecule has 2 fully saturated rings. The smallest absolute Gasteiger partial charge is 0.266 e. The number of hydrogen-bond donors (Lipinski definition) is 0. The number of para-hydroxylation sites is 1. The van der Waals surface area contributed by atoms with Gasteiger partial charge in [0, 0.05) is 36.8 Å². The molecule has 37 heavy (non-hydrogen) atoms. The molecule has 5 rings (SSSR count). The van der Waals surface area contributed by atoms with Crippen molar-refractivity contribution >= 4 is 57.1 Å². The van der Waals surface area contributed by atoms with Crippen molar-refractivity contribution in [3.05, 3.63) is 76.3 Å². The van der Waals surface area contributed by atoms with E-state index in [0.29, 0.717) is 28.2 Å². The van der Waals surface area contributed by atoms with Crippen molar-refractivity contribution in [2.75, 3.05) is 19.6 Å². The van der Waals surface area contributed by atoms with Crippen LogP contribution in [0.25, 0.3) is 17.0 Å². The van der Waals surface area contributed by atoms with Crippen LogP contribution in [0, 0.1) is 5.92 Å². The van der Waals surface area contributed by atoms with E-state index in [-0.39, 0.29) is 11.8 Å². The largest absolute Gasteiger partial charge is 0.341 e. The van der Waals surface area contributed by atoms with E-state index in [4.69, 9.17) is 12.2 Å². The first-order chi connectivity index (χ1) is 17.9. The predicted octanol–water partition coefficient (Wildman–Crippen LogP) is 5.91. The Balaban J connectivity index is 1.41. The molecule has 2 aromatic carbocycles. The first-order valence-corrected chi connectivity index (χ1v) is 14.3. The van der Waals surface area contributed by atoms with Crippen molar-refractivity contribution in [1.82, 2.24) is 14.4 Å². The molecule has 2 aliphatic rings. The summed E-state index contributed by atoms with van der Waals surface area (Å²) in [4.78, 5) is 30.8. The van der Waals surface area contributed by atoms with Crippen molar-refractivity contribution in [3.8, 4) is 0 Å². The third kappa shape index (κ3) is 5.53. The van der Waals surface area contributed by atoms with Gasteiger partial charge in [-0.05, 0) is 48.8 Å². The summed E-state index contributed by atoms with van der Waals surface area (Å²) in [7, 11) is 0. The number of thioether (sulfide) groups is 1. The number of carbonyl (C=O) groups excluding carboxylic acids is 2. The van der Waals surface area contributed by atoms with Crippen LogP contribution < -0.4 is 0 Å². The molecular formula is C30H33N3O2S2. The number of aryl methyl sites for hydroxylation is 1. The number of amides is 2. The van der Waals surface area contributed by atoms with Crippen molar-refractivity contribution < 1.29 is 9.59 Å². The summed E-state index contributed by atoms with van der Waals surface area (Å²) in [5.41, 5.74) is 4.42. The standard InChI is InChI=1S/C30H33N3O2S2/c1-3-23-10-7-11-25-24(19-32(28(23)25)20-27(34)31-15-12-21(2)13-16-31)18-26-29(35)33(30(36)37-26)17-14-22-8-5-4-6-9-22/h4-11,18-19,21H,3,12-17,20H2,1-2H3/b26-18-. The van der Waals surface area contributed by atoms with E-state index in [9.17, 15) is 9.59 Å². The fourth-order valence-electron chi connectivity index (χ4n) is 5.21. The van der Waals surface area contributed by atoms with Gasteiger partial charge in [0.05, 0.1) is 10.4 Å². The van der Waals surface area contributed by atoms with Crippen LogP contribution in [0.2, 0.25) is 0 Å². The molecule has 7 heteroatoms. The third-order valence-corrected chi connectivity index (χ3v) is 8.84. The predicted molar refractivity (Wildman–Crippen MR) is 156 cm³/mol. The van der Waals surface area contributed by atoms with Crippen LogP contribution >= 0.6 is 24.0 Å². The van der Waals surface area contributed by atoms with Crippen molar-refractivity contribution in [3.63, 3.8) is 0 Å². The zero-order valence-electron chi connectivity index (χ0n) is 21.5. The highest BCUT2D eigenvalue weighted by atomic mass is 32.2. The van der Waals surface area contributed by atoms with Crippen molar-refractivity contribution in [2.45, 2.75) is 46.1 Å². The number of nitrogens with zero attached hydrogens (tertiary/aromatic N) is 3. The third-order valence-electron chi connectivity index (χ3n) is 7.46. The lowest BCUT2D eigenvalue weighted by atomic mass is 9.99. The summed E-state index contributed by atoms with van der Waals surface area (Å²) in [6.07, 6.45) is 7.75. The lowest BCUT2D eigenvalue weighted by Gasteiger charge is -2.30. The van der Waals surface area contributed by atoms with Crippen LogP contribution in [0.5, 0.6) is 0 Å². The Hall–Kier alpha value is -2.90. The maximum absolute atomic E-state index is 13.3. The minimum atomic E-state index is -0.0445. The Morgan fingerprint density at radius 3 is 2.59 bits per heavy atom. The van der Waals surface area contributed by atoms with E-state index in [1.165, 1.54) is 22.9 Å². The molecule has 2 aliphatic heterocycles. The lowest BCUT2D eigenvalue weighted by molar-refractivity contribution is -0.133. The summed E-state index contributed by atoms with van der Waals surface area (Å²) in [5.74, 6) is 0.798. The van der Waals surface area contributed by atoms with Gasteiger partial charge >= 0.3 is 0 Å². The van der Waals surface area contributed by atoms with Gasteiger partial charge in [-0.1, -0.05) is 86.4 Å². The van der Waals surface area contributed by atoms with Gasteiger partial charge in [-0.2, -0.15) is 0 Å². The lowest BCUT2D eigenvalue weighted by Crippen LogP contribution is -2.39. The number of aromatic nitrogens is 1. The molecule has 3 aromatic rings. The monoisotopic (exact) mass is 531 g/mol. The van der Waals surface area contributed by atoms with E-state index >= 15 is 0 Å². The maximum Gasteiger partial charge on any atom is 0.266 e. The van der Waals surface area contributed by atoms with Gasteiger partial charge in [0.15, 0.2) is 0 Å². The highest BCUT2D eigenvalue weighted by Crippen LogP contribution is 2.35. The molecule has 0 atom stereocenters. The highest BCUT2D eigenvalue weighted by molar-refractivity contribution is 8.26. The Morgan fingerprint density at radius 1 is 1.11 bits per heavy atom. The van der Waals surface area contributed by atoms with Gasteiger partial charge in [0.25, 0.3) is 5.91 Å². The summed E-state index contributed by atoms with van der Waals surface area (Å²) in [5, 5.41) is 1.06. The Kier molecular flexibility index (Phi) is 7.81. The minimum Gasteiger partial charge on any atom is -0.341 e. The number of likely N-dealkylation sites (tertiary alicyclic amines) is 1. The molecule has 0 spiro atoms. The van der Waals surface area contributed by atoms with Gasteiger partial charge in [0.2, 0.25) is 5.91 Å². The first kappa shape index (κ1) is 25.7. The topological polar surface area (TPSA) is 45.6 Å². The molecular weight excluding hydrogens is 498 g/mol. The average molecular weight is 532 g/mol. The number of carbonyl (C=O) groups is 2. The molecule has 0 radical (unpaired) electrons. The molecule has 0 N–H and O–H groups in total. The molecule has 3 heterocycles. The van der Waals surface area contributed by atoms with Crippen molar-refractivity contribution in [1.29, 1.82) is 0 Å². The van der Waals surface area contributed by atoms with Gasteiger partial charge in [0.1, 0.15) is 10.9 Å². The normalized spacial score (nSPS) is 17.9. The van der Waals surface area contributed by atoms with Crippen LogP contribution in [0.3, 0.4) is 0 Å². The number of thiocarbonyl (C=S) groups is 1. The molecule has 1 aromatic heterocycles. The van der Waals surface area contributed by atoms with Gasteiger partial charge in [-0.15, -0.1) is 0 Å². The summed E-state index contributed by atoms with van der Waals surface area (Å²) >= 11 is 6.94. The molecule has 0 bridgehead atoms. The highest BCUT2D eigenvalue weighted by Gasteiger charge is 2.32. The second kappa shape index (κ2) is 11.2. The number of hydrogen-bond acceptors (Lipinski definition) is 4. The maximum atomic E-state index is 13.3. The Labute approximate surface area is 228 Å². The zero-order valence-corrected chi connectivity index (χ0v) is 23.1. The Morgan fingerprint density at radius 2 is 1.86 bits per heavy atom. The van der Waals surface area contributed by atoms with Crippen LogP contribution in [-0.2, 0) is 29.0 Å². The minimum absolute atomic E-state index is 0.0445. The Bertz CT molecular complexity index is 1350. The van der Waals surface area contributed by atoms with Crippen molar-refractivity contribution in [2.24, 2.45) is 5.92 Å². The van der Waals surface area contributed by atoms with Gasteiger partial charge in [-0.3, -0.25) is 14.5 Å². The number of benzene rings is 2. The molecule has 5 nitrogen and oxygen atoms in total. The average Bonchev–Trinajstić information content (AvgIpc) is 3.39. The zero-order chi connectivity index (χ0) is 25.9. The summed E-state index contributed by atoms with van der Waals surface area (Å²) in [6, 6.07) is 16.4. The van der Waals surface area contributed by atoms with Crippen LogP contribution in [0.1, 0.15) is 43.4 Å². The molecule has 192 valence electrons. The quantitative estimate of drug-likeness (QED) is 0.281. The van der Waals surface area contributed by atoms with E-state index in [1.807, 2.05) is 35.4 Å². The van der Waals surface area contributed by atoms with E-state index in [0.717, 1.165) is 55.2 Å². The van der Waals surface area contributed by atoms with Crippen LogP contribution in [0.15, 0.2) is 59.6 Å². The van der Waals surface area contributed by atoms with E-state index in [1.54, 1.807) is 4.90 Å². The molecule has 0 saturated carbocycles. The van der Waals surface area contributed by atoms with E-state index in [2.05, 4.69) is 48.7 Å². The molecule has 0 unspecified atom stereocenters. The van der Waals surface area contributed by atoms with Gasteiger partial charge in [-0.25, -0.2) is 0 Å². The SMILES string of the molecule is CCc1cccc2c(/C=C3\SC(=S)N(CCc4ccccc4)C3=O)cn(CC(=O)N3CCC(C)CC3)c12. The van der Waals surface area contributed by atoms with Crippen LogP contribution in [-0.4, -0.2) is 50.1 Å². The first-order valence-electron chi connectivity index (χ1n) is 13.1. The van der Waals surface area contributed by atoms with Gasteiger partial charge < -0.3 is 9.47 Å². The fraction of sp³-hybridized carbons (Fsp3) is 0.367.